The fraction of sp³-hybridized carbons (Fsp3) is 0.724. The van der Waals surface area contributed by atoms with Gasteiger partial charge >= 0.3 is 11.9 Å². The molecule has 0 bridgehead atoms. The number of likely N-dealkylation sites (tertiary alicyclic amines) is 1. The number of carbonyl (C=O) groups is 2. The maximum absolute atomic E-state index is 12.4. The number of amidine groups is 1. The van der Waals surface area contributed by atoms with Crippen molar-refractivity contribution in [3.63, 3.8) is 0 Å². The number of aromatic nitrogens is 2. The lowest BCUT2D eigenvalue weighted by atomic mass is 9.84. The highest BCUT2D eigenvalue weighted by Crippen LogP contribution is 2.28. The van der Waals surface area contributed by atoms with E-state index >= 15 is 0 Å². The zero-order valence-electron chi connectivity index (χ0n) is 24.5. The highest BCUT2D eigenvalue weighted by Gasteiger charge is 2.36. The zero-order valence-corrected chi connectivity index (χ0v) is 24.5. The summed E-state index contributed by atoms with van der Waals surface area (Å²) in [7, 11) is 0. The summed E-state index contributed by atoms with van der Waals surface area (Å²) in [5.74, 6) is 3.50. The van der Waals surface area contributed by atoms with Gasteiger partial charge in [-0.2, -0.15) is 9.57 Å². The molecule has 0 spiro atoms. The summed E-state index contributed by atoms with van der Waals surface area (Å²) in [6.45, 7) is 12.4. The SMILES string of the molecule is CC1CC[N+](=CC2CN(c3ncc(OCCC(C)C4CCN(C(=O)N=C(N)C(C)C)CC4)cn3)CC2N)C(=O)C1. The number of nitrogens with zero attached hydrogens (tertiary/aromatic N) is 6. The van der Waals surface area contributed by atoms with Crippen molar-refractivity contribution in [3.8, 4) is 5.75 Å². The van der Waals surface area contributed by atoms with E-state index in [2.05, 4.69) is 33.7 Å². The van der Waals surface area contributed by atoms with E-state index in [4.69, 9.17) is 16.2 Å². The number of rotatable bonds is 8. The van der Waals surface area contributed by atoms with E-state index in [1.807, 2.05) is 24.6 Å². The molecule has 0 saturated carbocycles. The first-order valence-corrected chi connectivity index (χ1v) is 14.8. The Balaban J connectivity index is 1.19. The number of carbonyl (C=O) groups excluding carboxylic acids is 2. The summed E-state index contributed by atoms with van der Waals surface area (Å²) in [6.07, 6.45) is 9.95. The molecule has 40 heavy (non-hydrogen) atoms. The molecule has 3 amide bonds. The molecular formula is C29H47N8O3+. The first-order chi connectivity index (χ1) is 19.1. The van der Waals surface area contributed by atoms with Crippen molar-refractivity contribution in [3.05, 3.63) is 12.4 Å². The summed E-state index contributed by atoms with van der Waals surface area (Å²) in [4.78, 5) is 41.7. The minimum Gasteiger partial charge on any atom is -0.490 e. The van der Waals surface area contributed by atoms with Crippen LogP contribution in [0, 0.1) is 29.6 Å². The lowest BCUT2D eigenvalue weighted by Crippen LogP contribution is -2.39. The van der Waals surface area contributed by atoms with Gasteiger partial charge in [-0.15, -0.1) is 0 Å². The molecular weight excluding hydrogens is 508 g/mol. The number of ether oxygens (including phenoxy) is 1. The third-order valence-electron chi connectivity index (χ3n) is 8.66. The van der Waals surface area contributed by atoms with Gasteiger partial charge in [-0.25, -0.2) is 19.6 Å². The van der Waals surface area contributed by atoms with E-state index in [-0.39, 0.29) is 29.8 Å². The Kier molecular flexibility index (Phi) is 10.1. The van der Waals surface area contributed by atoms with Gasteiger partial charge in [-0.05, 0) is 37.0 Å². The standard InChI is InChI=1S/C29H46N8O3/c1-19(2)27(31)34-29(39)35-10-6-22(7-11-35)21(4)8-12-40-24-14-32-28(33-15-24)37-17-23(25(30)18-37)16-36-9-5-20(3)13-26(36)38/h14-16,19-23,25H,5-13,17-18,30H2,1-4H3,(H-,31,34,39)/p+1. The van der Waals surface area contributed by atoms with E-state index in [1.54, 1.807) is 17.3 Å². The fourth-order valence-corrected chi connectivity index (χ4v) is 5.68. The second-order valence-corrected chi connectivity index (χ2v) is 12.2. The van der Waals surface area contributed by atoms with Crippen LogP contribution in [0.25, 0.3) is 0 Å². The summed E-state index contributed by atoms with van der Waals surface area (Å²) >= 11 is 0. The van der Waals surface area contributed by atoms with Crippen LogP contribution in [0.4, 0.5) is 10.7 Å². The Morgan fingerprint density at radius 3 is 2.55 bits per heavy atom. The van der Waals surface area contributed by atoms with Crippen LogP contribution in [0.1, 0.15) is 59.8 Å². The number of nitrogens with two attached hydrogens (primary N) is 2. The molecule has 0 aromatic carbocycles. The second-order valence-electron chi connectivity index (χ2n) is 12.2. The molecule has 11 heteroatoms. The molecule has 4 N–H and O–H groups in total. The van der Waals surface area contributed by atoms with Crippen molar-refractivity contribution in [2.45, 2.75) is 65.8 Å². The second kappa shape index (κ2) is 13.5. The van der Waals surface area contributed by atoms with Crippen LogP contribution in [-0.2, 0) is 4.79 Å². The van der Waals surface area contributed by atoms with Gasteiger partial charge < -0.3 is 26.0 Å². The molecule has 4 unspecified atom stereocenters. The van der Waals surface area contributed by atoms with Gasteiger partial charge in [0.25, 0.3) is 0 Å². The largest absolute Gasteiger partial charge is 0.490 e. The van der Waals surface area contributed by atoms with E-state index in [0.29, 0.717) is 74.5 Å². The van der Waals surface area contributed by atoms with Gasteiger partial charge in [0.05, 0.1) is 31.3 Å². The van der Waals surface area contributed by atoms with Crippen LogP contribution in [0.2, 0.25) is 0 Å². The average molecular weight is 556 g/mol. The molecule has 4 rings (SSSR count). The normalized spacial score (nSPS) is 26.6. The fourth-order valence-electron chi connectivity index (χ4n) is 5.68. The van der Waals surface area contributed by atoms with Crippen molar-refractivity contribution in [2.75, 3.05) is 44.2 Å². The van der Waals surface area contributed by atoms with Crippen LogP contribution in [0.3, 0.4) is 0 Å². The monoisotopic (exact) mass is 555 g/mol. The molecule has 3 saturated heterocycles. The number of aliphatic imine (C=N–C) groups is 1. The Labute approximate surface area is 238 Å². The van der Waals surface area contributed by atoms with Gasteiger partial charge in [0.2, 0.25) is 5.95 Å². The molecule has 0 radical (unpaired) electrons. The molecule has 11 nitrogen and oxygen atoms in total. The Bertz CT molecular complexity index is 1080. The smallest absolute Gasteiger partial charge is 0.386 e. The van der Waals surface area contributed by atoms with Crippen molar-refractivity contribution in [1.29, 1.82) is 0 Å². The van der Waals surface area contributed by atoms with Gasteiger partial charge in [-0.1, -0.05) is 27.7 Å². The predicted molar refractivity (Wildman–Crippen MR) is 156 cm³/mol. The third-order valence-corrected chi connectivity index (χ3v) is 8.66. The Hall–Kier alpha value is -3.08. The molecule has 1 aromatic heterocycles. The van der Waals surface area contributed by atoms with Crippen molar-refractivity contribution in [1.82, 2.24) is 14.9 Å². The average Bonchev–Trinajstić information content (AvgIpc) is 3.30. The van der Waals surface area contributed by atoms with E-state index in [0.717, 1.165) is 32.2 Å². The van der Waals surface area contributed by atoms with Crippen LogP contribution in [0.5, 0.6) is 5.75 Å². The summed E-state index contributed by atoms with van der Waals surface area (Å²) in [6, 6.07) is -0.288. The van der Waals surface area contributed by atoms with Gasteiger partial charge in [0, 0.05) is 44.6 Å². The van der Waals surface area contributed by atoms with Crippen molar-refractivity contribution in [2.24, 2.45) is 46.0 Å². The number of piperidine rings is 2. The maximum Gasteiger partial charge on any atom is 0.386 e. The van der Waals surface area contributed by atoms with Crippen LogP contribution in [0.15, 0.2) is 17.4 Å². The van der Waals surface area contributed by atoms with E-state index < -0.39 is 0 Å². The molecule has 4 heterocycles. The number of urea groups is 1. The predicted octanol–water partition coefficient (Wildman–Crippen LogP) is 2.53. The first kappa shape index (κ1) is 29.9. The highest BCUT2D eigenvalue weighted by molar-refractivity contribution is 5.93. The lowest BCUT2D eigenvalue weighted by molar-refractivity contribution is -0.457. The number of amides is 3. The number of anilines is 1. The molecule has 3 fully saturated rings. The highest BCUT2D eigenvalue weighted by atomic mass is 16.5. The number of hydrogen-bond donors (Lipinski definition) is 2. The Morgan fingerprint density at radius 1 is 1.20 bits per heavy atom. The van der Waals surface area contributed by atoms with E-state index in [1.165, 1.54) is 0 Å². The molecule has 3 aliphatic rings. The minimum absolute atomic E-state index is 0.0657. The molecule has 1 aromatic rings. The molecule has 0 aliphatic carbocycles. The van der Waals surface area contributed by atoms with Crippen molar-refractivity contribution >= 4 is 29.9 Å². The van der Waals surface area contributed by atoms with E-state index in [9.17, 15) is 9.59 Å². The summed E-state index contributed by atoms with van der Waals surface area (Å²) in [5, 5.41) is 0. The minimum atomic E-state index is -0.222. The maximum atomic E-state index is 12.4. The zero-order chi connectivity index (χ0) is 28.8. The van der Waals surface area contributed by atoms with Crippen LogP contribution in [-0.4, -0.2) is 88.8 Å². The third kappa shape index (κ3) is 7.77. The lowest BCUT2D eigenvalue weighted by Gasteiger charge is -2.34. The summed E-state index contributed by atoms with van der Waals surface area (Å²) < 4.78 is 7.81. The Morgan fingerprint density at radius 2 is 1.90 bits per heavy atom. The number of hydrogen-bond acceptors (Lipinski definition) is 7. The van der Waals surface area contributed by atoms with Gasteiger partial charge in [-0.3, -0.25) is 0 Å². The molecule has 4 atom stereocenters. The first-order valence-electron chi connectivity index (χ1n) is 14.8. The van der Waals surface area contributed by atoms with Crippen LogP contribution < -0.4 is 21.1 Å². The molecule has 3 aliphatic heterocycles. The molecule has 220 valence electrons. The summed E-state index contributed by atoms with van der Waals surface area (Å²) in [5.41, 5.74) is 12.3. The van der Waals surface area contributed by atoms with Crippen molar-refractivity contribution < 1.29 is 18.9 Å². The topological polar surface area (TPSA) is 143 Å². The van der Waals surface area contributed by atoms with Gasteiger partial charge in [0.15, 0.2) is 18.5 Å². The quantitative estimate of drug-likeness (QED) is 0.283. The van der Waals surface area contributed by atoms with Gasteiger partial charge in [0.1, 0.15) is 5.84 Å². The van der Waals surface area contributed by atoms with Crippen LogP contribution >= 0.6 is 0 Å².